The van der Waals surface area contributed by atoms with Gasteiger partial charge in [-0.2, -0.15) is 5.26 Å². The molecule has 0 amide bonds. The summed E-state index contributed by atoms with van der Waals surface area (Å²) in [5.74, 6) is 0.676. The van der Waals surface area contributed by atoms with E-state index in [0.717, 1.165) is 6.42 Å². The summed E-state index contributed by atoms with van der Waals surface area (Å²) in [6.45, 7) is 3.13. The lowest BCUT2D eigenvalue weighted by Crippen LogP contribution is -2.07. The van der Waals surface area contributed by atoms with Crippen LogP contribution in [0.4, 0.5) is 5.69 Å². The first-order chi connectivity index (χ1) is 10.2. The van der Waals surface area contributed by atoms with Gasteiger partial charge in [0.1, 0.15) is 6.07 Å². The van der Waals surface area contributed by atoms with Crippen molar-refractivity contribution in [3.8, 4) is 17.6 Å². The Morgan fingerprint density at radius 1 is 1.43 bits per heavy atom. The molecular formula is C15H16N2O4. The van der Waals surface area contributed by atoms with Gasteiger partial charge in [-0.25, -0.2) is 4.79 Å². The van der Waals surface area contributed by atoms with Crippen LogP contribution >= 0.6 is 0 Å². The third-order valence-corrected chi connectivity index (χ3v) is 2.75. The largest absolute Gasteiger partial charge is 0.490 e. The smallest absolute Gasteiger partial charge is 0.350 e. The quantitative estimate of drug-likeness (QED) is 0.520. The van der Waals surface area contributed by atoms with Crippen molar-refractivity contribution in [2.75, 3.05) is 25.1 Å². The monoisotopic (exact) mass is 288 g/mol. The van der Waals surface area contributed by atoms with E-state index >= 15 is 0 Å². The fourth-order valence-corrected chi connectivity index (χ4v) is 1.75. The lowest BCUT2D eigenvalue weighted by molar-refractivity contribution is -0.138. The molecule has 1 aliphatic heterocycles. The molecule has 1 heterocycles. The summed E-state index contributed by atoms with van der Waals surface area (Å²) in [6.07, 6.45) is 2.15. The van der Waals surface area contributed by atoms with Gasteiger partial charge in [0.15, 0.2) is 17.1 Å². The minimum atomic E-state index is -0.651. The van der Waals surface area contributed by atoms with Crippen LogP contribution in [0, 0.1) is 11.3 Å². The maximum Gasteiger partial charge on any atom is 0.350 e. The Kier molecular flexibility index (Phi) is 5.04. The predicted octanol–water partition coefficient (Wildman–Crippen LogP) is 2.23. The Balaban J connectivity index is 2.11. The Bertz CT molecular complexity index is 590. The molecule has 2 rings (SSSR count). The van der Waals surface area contributed by atoms with Gasteiger partial charge in [-0.05, 0) is 19.1 Å². The molecule has 0 saturated heterocycles. The number of fused-ring (bicyclic) bond motifs is 1. The maximum absolute atomic E-state index is 11.5. The highest BCUT2D eigenvalue weighted by atomic mass is 16.5. The van der Waals surface area contributed by atoms with Crippen LogP contribution in [0.5, 0.6) is 11.5 Å². The molecule has 0 bridgehead atoms. The molecule has 21 heavy (non-hydrogen) atoms. The number of esters is 1. The van der Waals surface area contributed by atoms with Crippen LogP contribution in [0.2, 0.25) is 0 Å². The molecule has 0 radical (unpaired) electrons. The van der Waals surface area contributed by atoms with E-state index in [-0.39, 0.29) is 12.2 Å². The van der Waals surface area contributed by atoms with E-state index in [1.165, 1.54) is 6.20 Å². The first-order valence-corrected chi connectivity index (χ1v) is 6.68. The normalized spacial score (nSPS) is 13.8. The van der Waals surface area contributed by atoms with Crippen molar-refractivity contribution >= 4 is 11.7 Å². The molecule has 1 aliphatic rings. The summed E-state index contributed by atoms with van der Waals surface area (Å²) < 4.78 is 15.9. The van der Waals surface area contributed by atoms with Crippen LogP contribution in [0.3, 0.4) is 0 Å². The van der Waals surface area contributed by atoms with Gasteiger partial charge in [-0.15, -0.1) is 0 Å². The minimum Gasteiger partial charge on any atom is -0.490 e. The number of ether oxygens (including phenoxy) is 3. The lowest BCUT2D eigenvalue weighted by Gasteiger charge is -2.09. The Hall–Kier alpha value is -2.68. The van der Waals surface area contributed by atoms with Gasteiger partial charge in [0.05, 0.1) is 19.8 Å². The number of nitrogens with zero attached hydrogens (tertiary/aromatic N) is 1. The molecule has 1 N–H and O–H groups in total. The molecule has 0 aliphatic carbocycles. The zero-order valence-electron chi connectivity index (χ0n) is 11.7. The molecule has 1 aromatic rings. The third kappa shape index (κ3) is 3.89. The fraction of sp³-hybridized carbons (Fsp3) is 0.333. The number of nitrogens with one attached hydrogen (secondary N) is 1. The third-order valence-electron chi connectivity index (χ3n) is 2.75. The summed E-state index contributed by atoms with van der Waals surface area (Å²) in [5.41, 5.74) is 0.597. The zero-order valence-corrected chi connectivity index (χ0v) is 11.7. The van der Waals surface area contributed by atoms with Gasteiger partial charge >= 0.3 is 5.97 Å². The highest BCUT2D eigenvalue weighted by molar-refractivity contribution is 5.93. The van der Waals surface area contributed by atoms with Crippen LogP contribution < -0.4 is 14.8 Å². The van der Waals surface area contributed by atoms with Crippen molar-refractivity contribution in [2.24, 2.45) is 0 Å². The molecule has 6 nitrogen and oxygen atoms in total. The number of benzene rings is 1. The second-order valence-corrected chi connectivity index (χ2v) is 4.25. The SMILES string of the molecule is CCOC(=O)/C(C#N)=C\Nc1ccc2c(c1)OCCCO2. The van der Waals surface area contributed by atoms with Gasteiger partial charge in [0.2, 0.25) is 0 Å². The summed E-state index contributed by atoms with van der Waals surface area (Å²) >= 11 is 0. The molecule has 110 valence electrons. The summed E-state index contributed by atoms with van der Waals surface area (Å²) in [7, 11) is 0. The van der Waals surface area contributed by atoms with Crippen molar-refractivity contribution in [1.82, 2.24) is 0 Å². The van der Waals surface area contributed by atoms with Crippen LogP contribution in [-0.4, -0.2) is 25.8 Å². The average Bonchev–Trinajstić information content (AvgIpc) is 2.73. The topological polar surface area (TPSA) is 80.6 Å². The Labute approximate surface area is 122 Å². The molecule has 0 fully saturated rings. The molecule has 0 atom stereocenters. The van der Waals surface area contributed by atoms with Gasteiger partial charge < -0.3 is 19.5 Å². The van der Waals surface area contributed by atoms with E-state index in [9.17, 15) is 4.79 Å². The second-order valence-electron chi connectivity index (χ2n) is 4.25. The van der Waals surface area contributed by atoms with E-state index in [0.29, 0.717) is 30.4 Å². The van der Waals surface area contributed by atoms with Crippen molar-refractivity contribution in [3.05, 3.63) is 30.0 Å². The second kappa shape index (κ2) is 7.20. The Morgan fingerprint density at radius 3 is 2.90 bits per heavy atom. The van der Waals surface area contributed by atoms with E-state index in [1.54, 1.807) is 31.2 Å². The van der Waals surface area contributed by atoms with Crippen LogP contribution in [0.1, 0.15) is 13.3 Å². The van der Waals surface area contributed by atoms with Crippen LogP contribution in [0.15, 0.2) is 30.0 Å². The maximum atomic E-state index is 11.5. The van der Waals surface area contributed by atoms with Crippen LogP contribution in [-0.2, 0) is 9.53 Å². The zero-order chi connectivity index (χ0) is 15.1. The minimum absolute atomic E-state index is 0.0936. The van der Waals surface area contributed by atoms with E-state index < -0.39 is 5.97 Å². The molecular weight excluding hydrogens is 272 g/mol. The molecule has 0 unspecified atom stereocenters. The number of rotatable bonds is 4. The number of hydrogen-bond acceptors (Lipinski definition) is 6. The lowest BCUT2D eigenvalue weighted by atomic mass is 10.2. The highest BCUT2D eigenvalue weighted by Crippen LogP contribution is 2.32. The molecule has 0 saturated carbocycles. The number of carbonyl (C=O) groups excluding carboxylic acids is 1. The van der Waals surface area contributed by atoms with Crippen LogP contribution in [0.25, 0.3) is 0 Å². The highest BCUT2D eigenvalue weighted by Gasteiger charge is 2.12. The first-order valence-electron chi connectivity index (χ1n) is 6.68. The summed E-state index contributed by atoms with van der Waals surface area (Å²) in [6, 6.07) is 7.13. The molecule has 6 heteroatoms. The van der Waals surface area contributed by atoms with Gasteiger partial charge in [0.25, 0.3) is 0 Å². The van der Waals surface area contributed by atoms with Crippen molar-refractivity contribution < 1.29 is 19.0 Å². The number of anilines is 1. The molecule has 1 aromatic carbocycles. The molecule has 0 aromatic heterocycles. The van der Waals surface area contributed by atoms with Crippen molar-refractivity contribution in [2.45, 2.75) is 13.3 Å². The average molecular weight is 288 g/mol. The summed E-state index contributed by atoms with van der Waals surface area (Å²) in [5, 5.41) is 11.8. The van der Waals surface area contributed by atoms with Gasteiger partial charge in [-0.1, -0.05) is 0 Å². The standard InChI is InChI=1S/C15H16N2O4/c1-2-19-15(18)11(9-16)10-17-12-4-5-13-14(8-12)21-7-3-6-20-13/h4-5,8,10,17H,2-3,6-7H2,1H3/b11-10-. The van der Waals surface area contributed by atoms with Crippen molar-refractivity contribution in [3.63, 3.8) is 0 Å². The Morgan fingerprint density at radius 2 is 2.19 bits per heavy atom. The van der Waals surface area contributed by atoms with E-state index in [4.69, 9.17) is 19.5 Å². The number of nitriles is 1. The predicted molar refractivity (Wildman–Crippen MR) is 76.0 cm³/mol. The fourth-order valence-electron chi connectivity index (χ4n) is 1.75. The number of carbonyl (C=O) groups is 1. The van der Waals surface area contributed by atoms with Crippen molar-refractivity contribution in [1.29, 1.82) is 5.26 Å². The first kappa shape index (κ1) is 14.7. The summed E-state index contributed by atoms with van der Waals surface area (Å²) in [4.78, 5) is 11.5. The van der Waals surface area contributed by atoms with E-state index in [1.807, 2.05) is 0 Å². The van der Waals surface area contributed by atoms with Gasteiger partial charge in [0, 0.05) is 24.4 Å². The van der Waals surface area contributed by atoms with E-state index in [2.05, 4.69) is 5.32 Å². The number of hydrogen-bond donors (Lipinski definition) is 1. The molecule has 0 spiro atoms. The van der Waals surface area contributed by atoms with Gasteiger partial charge in [-0.3, -0.25) is 0 Å².